The van der Waals surface area contributed by atoms with Crippen LogP contribution >= 0.6 is 0 Å². The number of aromatic nitrogens is 3. The summed E-state index contributed by atoms with van der Waals surface area (Å²) in [6.45, 7) is 1.74. The minimum absolute atomic E-state index is 0.145. The van der Waals surface area contributed by atoms with Gasteiger partial charge in [-0.2, -0.15) is 10.4 Å². The van der Waals surface area contributed by atoms with Gasteiger partial charge in [-0.1, -0.05) is 0 Å². The number of hydrogen-bond acceptors (Lipinski definition) is 5. The van der Waals surface area contributed by atoms with Gasteiger partial charge in [0.25, 0.3) is 12.3 Å². The van der Waals surface area contributed by atoms with Crippen LogP contribution in [-0.2, 0) is 0 Å². The van der Waals surface area contributed by atoms with E-state index in [9.17, 15) is 18.7 Å². The van der Waals surface area contributed by atoms with Crippen LogP contribution in [0.4, 0.5) is 14.5 Å². The third kappa shape index (κ3) is 3.22. The van der Waals surface area contributed by atoms with Crippen molar-refractivity contribution < 1.29 is 18.7 Å². The van der Waals surface area contributed by atoms with E-state index in [4.69, 9.17) is 5.26 Å². The Hall–Kier alpha value is -3.38. The number of aryl methyl sites for hydroxylation is 1. The molecule has 0 unspecified atom stereocenters. The summed E-state index contributed by atoms with van der Waals surface area (Å²) in [6.07, 6.45) is 3.80. The summed E-state index contributed by atoms with van der Waals surface area (Å²) in [5.74, 6) is -0.157. The summed E-state index contributed by atoms with van der Waals surface area (Å²) in [5, 5.41) is 26.0. The lowest BCUT2D eigenvalue weighted by molar-refractivity contribution is -0.228. The Morgan fingerprint density at radius 1 is 1.34 bits per heavy atom. The number of alkyl halides is 2. The quantitative estimate of drug-likeness (QED) is 0.646. The molecule has 7 nitrogen and oxygen atoms in total. The van der Waals surface area contributed by atoms with Crippen LogP contribution < -0.4 is 5.32 Å². The van der Waals surface area contributed by atoms with Crippen molar-refractivity contribution in [1.29, 1.82) is 5.26 Å². The zero-order valence-electron chi connectivity index (χ0n) is 17.3. The predicted octanol–water partition coefficient (Wildman–Crippen LogP) is 3.82. The first-order valence-electron chi connectivity index (χ1n) is 10.4. The highest BCUT2D eigenvalue weighted by Gasteiger charge is 2.63. The van der Waals surface area contributed by atoms with Gasteiger partial charge in [0.1, 0.15) is 11.7 Å². The summed E-state index contributed by atoms with van der Waals surface area (Å²) in [6, 6.07) is 7.42. The van der Waals surface area contributed by atoms with Crippen LogP contribution in [0.3, 0.4) is 0 Å². The molecule has 1 spiro atoms. The standard InChI is InChI=1S/C23H21F2N5O2/c1-13-18(4-14(8-26)9-27-13)29-20(31)17-10-28-30-3-2-15(5-19(17)30)16-6-22(7-16)11-23(32,12-22)21(24)25/h2-5,9-10,16,21,32H,6-7,11-12H2,1H3,(H,29,31). The second-order valence-electron chi connectivity index (χ2n) is 9.13. The van der Waals surface area contributed by atoms with Crippen molar-refractivity contribution >= 4 is 17.1 Å². The van der Waals surface area contributed by atoms with E-state index < -0.39 is 12.0 Å². The highest BCUT2D eigenvalue weighted by molar-refractivity contribution is 6.09. The molecule has 0 radical (unpaired) electrons. The van der Waals surface area contributed by atoms with Crippen LogP contribution in [0.15, 0.2) is 36.8 Å². The van der Waals surface area contributed by atoms with Crippen LogP contribution in [0.5, 0.6) is 0 Å². The fraction of sp³-hybridized carbons (Fsp3) is 0.391. The van der Waals surface area contributed by atoms with Gasteiger partial charge in [0.2, 0.25) is 0 Å². The monoisotopic (exact) mass is 437 g/mol. The number of halogens is 2. The number of anilines is 1. The molecule has 2 fully saturated rings. The number of nitrogens with one attached hydrogen (secondary N) is 1. The Labute approximate surface area is 182 Å². The minimum Gasteiger partial charge on any atom is -0.384 e. The van der Waals surface area contributed by atoms with Crippen LogP contribution in [-0.4, -0.2) is 37.6 Å². The minimum atomic E-state index is -2.70. The summed E-state index contributed by atoms with van der Waals surface area (Å²) in [5.41, 5.74) is 1.43. The van der Waals surface area contributed by atoms with Gasteiger partial charge in [-0.05, 0) is 67.7 Å². The number of fused-ring (bicyclic) bond motifs is 1. The maximum absolute atomic E-state index is 13.0. The topological polar surface area (TPSA) is 103 Å². The molecular formula is C23H21F2N5O2. The lowest BCUT2D eigenvalue weighted by atomic mass is 9.46. The van der Waals surface area contributed by atoms with Gasteiger partial charge in [0.15, 0.2) is 0 Å². The average Bonchev–Trinajstić information content (AvgIpc) is 3.14. The molecule has 2 aliphatic rings. The van der Waals surface area contributed by atoms with E-state index in [0.717, 1.165) is 18.4 Å². The molecule has 2 saturated carbocycles. The Kier molecular flexibility index (Phi) is 4.53. The first-order valence-corrected chi connectivity index (χ1v) is 10.4. The van der Waals surface area contributed by atoms with Crippen molar-refractivity contribution in [2.45, 2.75) is 50.6 Å². The van der Waals surface area contributed by atoms with E-state index in [1.165, 1.54) is 12.4 Å². The smallest absolute Gasteiger partial charge is 0.266 e. The van der Waals surface area contributed by atoms with Gasteiger partial charge in [-0.15, -0.1) is 0 Å². The lowest BCUT2D eigenvalue weighted by Crippen LogP contribution is -2.60. The van der Waals surface area contributed by atoms with Crippen LogP contribution in [0.25, 0.3) is 5.52 Å². The third-order valence-electron chi connectivity index (χ3n) is 6.85. The first-order chi connectivity index (χ1) is 15.2. The van der Waals surface area contributed by atoms with Crippen molar-refractivity contribution in [1.82, 2.24) is 14.6 Å². The van der Waals surface area contributed by atoms with Gasteiger partial charge < -0.3 is 10.4 Å². The molecule has 32 heavy (non-hydrogen) atoms. The molecule has 2 N–H and O–H groups in total. The number of amides is 1. The number of carbonyl (C=O) groups is 1. The number of nitriles is 1. The highest BCUT2D eigenvalue weighted by Crippen LogP contribution is 2.66. The maximum Gasteiger partial charge on any atom is 0.266 e. The van der Waals surface area contributed by atoms with Crippen molar-refractivity contribution in [3.05, 3.63) is 59.2 Å². The Morgan fingerprint density at radius 2 is 2.09 bits per heavy atom. The molecule has 0 atom stereocenters. The van der Waals surface area contributed by atoms with Gasteiger partial charge in [0, 0.05) is 12.4 Å². The van der Waals surface area contributed by atoms with E-state index in [-0.39, 0.29) is 30.1 Å². The molecule has 164 valence electrons. The van der Waals surface area contributed by atoms with E-state index in [1.54, 1.807) is 23.7 Å². The number of rotatable bonds is 4. The largest absolute Gasteiger partial charge is 0.384 e. The fourth-order valence-electron chi connectivity index (χ4n) is 5.25. The molecule has 0 saturated heterocycles. The Balaban J connectivity index is 1.34. The van der Waals surface area contributed by atoms with Crippen molar-refractivity contribution in [2.75, 3.05) is 5.32 Å². The average molecular weight is 437 g/mol. The summed E-state index contributed by atoms with van der Waals surface area (Å²) >= 11 is 0. The molecule has 9 heteroatoms. The fourth-order valence-corrected chi connectivity index (χ4v) is 5.25. The highest BCUT2D eigenvalue weighted by atomic mass is 19.3. The maximum atomic E-state index is 13.0. The molecule has 0 aromatic carbocycles. The zero-order valence-corrected chi connectivity index (χ0v) is 17.3. The van der Waals surface area contributed by atoms with E-state index in [1.807, 2.05) is 18.2 Å². The van der Waals surface area contributed by atoms with E-state index in [2.05, 4.69) is 15.4 Å². The van der Waals surface area contributed by atoms with Crippen molar-refractivity contribution in [3.63, 3.8) is 0 Å². The van der Waals surface area contributed by atoms with E-state index in [0.29, 0.717) is 28.0 Å². The summed E-state index contributed by atoms with van der Waals surface area (Å²) in [4.78, 5) is 17.1. The summed E-state index contributed by atoms with van der Waals surface area (Å²) in [7, 11) is 0. The molecule has 0 aliphatic heterocycles. The van der Waals surface area contributed by atoms with E-state index >= 15 is 0 Å². The van der Waals surface area contributed by atoms with Gasteiger partial charge in [-0.25, -0.2) is 13.3 Å². The lowest BCUT2D eigenvalue weighted by Gasteiger charge is -2.61. The molecule has 2 aliphatic carbocycles. The Bertz CT molecular complexity index is 1270. The Morgan fingerprint density at radius 3 is 2.78 bits per heavy atom. The zero-order chi connectivity index (χ0) is 22.7. The van der Waals surface area contributed by atoms with Gasteiger partial charge in [0.05, 0.1) is 34.2 Å². The van der Waals surface area contributed by atoms with Crippen molar-refractivity contribution in [3.8, 4) is 6.07 Å². The number of nitrogens with zero attached hydrogens (tertiary/aromatic N) is 4. The van der Waals surface area contributed by atoms with Crippen molar-refractivity contribution in [2.24, 2.45) is 5.41 Å². The number of hydrogen-bond donors (Lipinski definition) is 2. The molecular weight excluding hydrogens is 416 g/mol. The molecule has 3 heterocycles. The molecule has 5 rings (SSSR count). The van der Waals surface area contributed by atoms with Gasteiger partial charge >= 0.3 is 0 Å². The predicted molar refractivity (Wildman–Crippen MR) is 111 cm³/mol. The van der Waals surface area contributed by atoms with Crippen LogP contribution in [0.2, 0.25) is 0 Å². The normalized spacial score (nSPS) is 26.6. The summed E-state index contributed by atoms with van der Waals surface area (Å²) < 4.78 is 27.5. The third-order valence-corrected chi connectivity index (χ3v) is 6.85. The number of aliphatic hydroxyl groups is 1. The molecule has 0 bridgehead atoms. The SMILES string of the molecule is Cc1ncc(C#N)cc1NC(=O)c1cnn2ccc(C3CC4(C3)CC(O)(C(F)F)C4)cc12. The van der Waals surface area contributed by atoms with Gasteiger partial charge in [-0.3, -0.25) is 9.78 Å². The molecule has 1 amide bonds. The molecule has 3 aromatic rings. The first kappa shape index (κ1) is 20.5. The number of carbonyl (C=O) groups excluding carboxylic acids is 1. The number of pyridine rings is 2. The van der Waals surface area contributed by atoms with Crippen LogP contribution in [0.1, 0.15) is 58.8 Å². The molecule has 3 aromatic heterocycles. The second kappa shape index (κ2) is 7.07. The second-order valence-corrected chi connectivity index (χ2v) is 9.13. The van der Waals surface area contributed by atoms with Crippen LogP contribution in [0, 0.1) is 23.7 Å².